The van der Waals surface area contributed by atoms with Gasteiger partial charge in [-0.15, -0.1) is 0 Å². The number of nitrogens with two attached hydrogens (primary N) is 1. The van der Waals surface area contributed by atoms with E-state index in [4.69, 9.17) is 34.3 Å². The molecular weight excluding hydrogens is 654 g/mol. The van der Waals surface area contributed by atoms with Gasteiger partial charge in [0.25, 0.3) is 0 Å². The number of esters is 1. The Morgan fingerprint density at radius 1 is 1.08 bits per heavy atom. The fourth-order valence-electron chi connectivity index (χ4n) is 9.10. The van der Waals surface area contributed by atoms with Gasteiger partial charge in [0.15, 0.2) is 12.4 Å². The number of likely N-dealkylation sites (N-methyl/N-ethyl adjacent to an activating group) is 1. The van der Waals surface area contributed by atoms with Crippen LogP contribution in [0.15, 0.2) is 35.5 Å². The topological polar surface area (TPSA) is 155 Å². The molecule has 0 saturated carbocycles. The minimum absolute atomic E-state index is 0.0682. The number of benzene rings is 1. The van der Waals surface area contributed by atoms with Gasteiger partial charge in [0, 0.05) is 30.3 Å². The molecule has 2 bridgehead atoms. The Balaban J connectivity index is 1.49. The number of ether oxygens (including phenoxy) is 5. The van der Waals surface area contributed by atoms with E-state index in [1.54, 1.807) is 13.8 Å². The number of carbonyl (C=O) groups is 1. The van der Waals surface area contributed by atoms with Crippen LogP contribution >= 0.6 is 0 Å². The molecular formula is C39H63N3O9. The quantitative estimate of drug-likeness (QED) is 0.336. The molecule has 0 amide bonds. The van der Waals surface area contributed by atoms with Crippen LogP contribution < -0.4 is 5.73 Å². The van der Waals surface area contributed by atoms with Crippen LogP contribution in [0.5, 0.6) is 0 Å². The van der Waals surface area contributed by atoms with Crippen molar-refractivity contribution in [1.29, 1.82) is 0 Å². The zero-order valence-electron chi connectivity index (χ0n) is 32.2. The molecule has 4 N–H and O–H groups in total. The fourth-order valence-corrected chi connectivity index (χ4v) is 9.10. The summed E-state index contributed by atoms with van der Waals surface area (Å²) in [6.45, 7) is 15.6. The van der Waals surface area contributed by atoms with E-state index in [0.29, 0.717) is 25.7 Å². The second-order valence-electron chi connectivity index (χ2n) is 16.4. The van der Waals surface area contributed by atoms with Gasteiger partial charge in [-0.2, -0.15) is 0 Å². The highest BCUT2D eigenvalue weighted by Crippen LogP contribution is 2.45. The van der Waals surface area contributed by atoms with Crippen LogP contribution in [0.1, 0.15) is 86.6 Å². The number of hydrogen-bond acceptors (Lipinski definition) is 12. The lowest BCUT2D eigenvalue weighted by atomic mass is 9.75. The van der Waals surface area contributed by atoms with Gasteiger partial charge in [-0.05, 0) is 72.5 Å². The molecule has 5 rings (SSSR count). The van der Waals surface area contributed by atoms with Crippen molar-refractivity contribution < 1.29 is 43.5 Å². The molecule has 12 nitrogen and oxygen atoms in total. The van der Waals surface area contributed by atoms with Crippen molar-refractivity contribution >= 4 is 11.7 Å². The van der Waals surface area contributed by atoms with E-state index < -0.39 is 65.8 Å². The number of nitrogens with zero attached hydrogens (tertiary/aromatic N) is 2. The number of carbonyl (C=O) groups excluding carboxylic acids is 1. The summed E-state index contributed by atoms with van der Waals surface area (Å²) in [4.78, 5) is 22.0. The van der Waals surface area contributed by atoms with Gasteiger partial charge in [-0.1, -0.05) is 63.2 Å². The summed E-state index contributed by atoms with van der Waals surface area (Å²) in [7, 11) is 3.84. The SMILES string of the molecule is CC[C@@H]1OC(=O)[C@H](C)[C@@H](OCC2CC(c3ccccc3)=NO2)[C@H](C)[C@@H](O[C@@H]2O[C@H](C)C[C@H](N(C)C)[C@H]2O)[C@@](C)(O)C[C@@H](C)[C@H]2O[C@]1(C)[C@@H](N)[C@@H]2C. The van der Waals surface area contributed by atoms with Crippen LogP contribution in [0, 0.1) is 23.7 Å². The second-order valence-corrected chi connectivity index (χ2v) is 16.4. The van der Waals surface area contributed by atoms with Gasteiger partial charge >= 0.3 is 5.97 Å². The van der Waals surface area contributed by atoms with Gasteiger partial charge < -0.3 is 49.4 Å². The highest BCUT2D eigenvalue weighted by molar-refractivity contribution is 6.01. The summed E-state index contributed by atoms with van der Waals surface area (Å²) in [6, 6.07) is 9.23. The predicted molar refractivity (Wildman–Crippen MR) is 193 cm³/mol. The first kappa shape index (κ1) is 40.0. The zero-order chi connectivity index (χ0) is 37.4. The number of hydrogen-bond donors (Lipinski definition) is 3. The molecule has 1 unspecified atom stereocenters. The lowest BCUT2D eigenvalue weighted by Crippen LogP contribution is -2.59. The molecule has 0 spiro atoms. The van der Waals surface area contributed by atoms with Crippen molar-refractivity contribution in [2.75, 3.05) is 20.7 Å². The third-order valence-corrected chi connectivity index (χ3v) is 12.0. The standard InChI is InChI=1S/C39H63N3O9/c1-11-30-39(8)34(40)23(4)32(50-39)21(2)19-38(7,45)35(49-37-31(43)29(42(9)10)17-22(3)47-37)24(5)33(25(6)36(44)48-30)46-20-27-18-28(41-51-27)26-15-13-12-14-16-26/h12-16,21-25,27,29-35,37,43,45H,11,17-20,40H2,1-10H3/t21-,22-,23-,24+,25-,27?,29+,30+,31-,32-,33+,34+,35-,37+,38+,39+/m1/s1. The third-order valence-electron chi connectivity index (χ3n) is 12.0. The summed E-state index contributed by atoms with van der Waals surface area (Å²) >= 11 is 0. The average Bonchev–Trinajstić information content (AvgIpc) is 3.65. The Labute approximate surface area is 304 Å². The maximum Gasteiger partial charge on any atom is 0.311 e. The van der Waals surface area contributed by atoms with Gasteiger partial charge in [0.05, 0.1) is 48.3 Å². The number of rotatable bonds is 8. The lowest BCUT2D eigenvalue weighted by Gasteiger charge is -2.47. The Kier molecular flexibility index (Phi) is 12.6. The molecule has 16 atom stereocenters. The van der Waals surface area contributed by atoms with E-state index in [1.165, 1.54) is 0 Å². The van der Waals surface area contributed by atoms with E-state index in [2.05, 4.69) is 19.0 Å². The largest absolute Gasteiger partial charge is 0.459 e. The lowest BCUT2D eigenvalue weighted by molar-refractivity contribution is -0.300. The van der Waals surface area contributed by atoms with Crippen molar-refractivity contribution in [2.45, 2.75) is 153 Å². The summed E-state index contributed by atoms with van der Waals surface area (Å²) < 4.78 is 32.7. The van der Waals surface area contributed by atoms with E-state index in [0.717, 1.165) is 11.3 Å². The Morgan fingerprint density at radius 3 is 2.41 bits per heavy atom. The van der Waals surface area contributed by atoms with Gasteiger partial charge in [-0.25, -0.2) is 0 Å². The molecule has 3 fully saturated rings. The van der Waals surface area contributed by atoms with Crippen LogP contribution in [-0.2, 0) is 33.3 Å². The van der Waals surface area contributed by atoms with E-state index in [-0.39, 0.29) is 42.8 Å². The second kappa shape index (κ2) is 16.1. The molecule has 0 radical (unpaired) electrons. The van der Waals surface area contributed by atoms with Gasteiger partial charge in [0.2, 0.25) is 0 Å². The molecule has 1 aromatic rings. The Morgan fingerprint density at radius 2 is 1.76 bits per heavy atom. The zero-order valence-corrected chi connectivity index (χ0v) is 32.2. The van der Waals surface area contributed by atoms with Crippen molar-refractivity contribution in [3.8, 4) is 0 Å². The van der Waals surface area contributed by atoms with E-state index >= 15 is 0 Å². The molecule has 4 heterocycles. The maximum atomic E-state index is 14.2. The summed E-state index contributed by atoms with van der Waals surface area (Å²) in [5.41, 5.74) is 6.26. The van der Waals surface area contributed by atoms with Gasteiger partial charge in [-0.3, -0.25) is 4.79 Å². The minimum Gasteiger partial charge on any atom is -0.459 e. The summed E-state index contributed by atoms with van der Waals surface area (Å²) in [5.74, 6) is -2.04. The summed E-state index contributed by atoms with van der Waals surface area (Å²) in [5, 5.41) is 28.4. The summed E-state index contributed by atoms with van der Waals surface area (Å²) in [6.07, 6.45) is -3.24. The monoisotopic (exact) mass is 717 g/mol. The van der Waals surface area contributed by atoms with Crippen molar-refractivity contribution in [3.05, 3.63) is 35.9 Å². The number of aliphatic hydroxyl groups is 2. The number of aliphatic hydroxyl groups excluding tert-OH is 1. The molecule has 4 aliphatic heterocycles. The first-order valence-electron chi connectivity index (χ1n) is 18.9. The van der Waals surface area contributed by atoms with Crippen LogP contribution in [0.4, 0.5) is 0 Å². The first-order valence-corrected chi connectivity index (χ1v) is 18.9. The molecule has 12 heteroatoms. The molecule has 3 saturated heterocycles. The first-order chi connectivity index (χ1) is 24.0. The van der Waals surface area contributed by atoms with Crippen LogP contribution in [0.25, 0.3) is 0 Å². The van der Waals surface area contributed by atoms with Crippen molar-refractivity contribution in [2.24, 2.45) is 34.6 Å². The number of cyclic esters (lactones) is 1. The molecule has 51 heavy (non-hydrogen) atoms. The Bertz CT molecular complexity index is 1350. The molecule has 0 aromatic heterocycles. The van der Waals surface area contributed by atoms with Crippen LogP contribution in [0.2, 0.25) is 0 Å². The minimum atomic E-state index is -1.47. The number of oxime groups is 1. The molecule has 4 aliphatic rings. The van der Waals surface area contributed by atoms with Crippen LogP contribution in [0.3, 0.4) is 0 Å². The van der Waals surface area contributed by atoms with Crippen molar-refractivity contribution in [1.82, 2.24) is 4.90 Å². The Hall–Kier alpha value is -2.16. The fraction of sp³-hybridized carbons (Fsp3) is 0.795. The molecule has 1 aromatic carbocycles. The average molecular weight is 718 g/mol. The van der Waals surface area contributed by atoms with Crippen LogP contribution in [-0.4, -0.2) is 120 Å². The van der Waals surface area contributed by atoms with Gasteiger partial charge in [0.1, 0.15) is 17.8 Å². The number of fused-ring (bicyclic) bond motifs is 2. The predicted octanol–water partition coefficient (Wildman–Crippen LogP) is 3.88. The smallest absolute Gasteiger partial charge is 0.311 e. The third kappa shape index (κ3) is 8.33. The van der Waals surface area contributed by atoms with E-state index in [1.807, 2.05) is 77.0 Å². The highest BCUT2D eigenvalue weighted by atomic mass is 16.7. The normalized spacial score (nSPS) is 45.3. The van der Waals surface area contributed by atoms with Crippen molar-refractivity contribution in [3.63, 3.8) is 0 Å². The highest BCUT2D eigenvalue weighted by Gasteiger charge is 2.57. The molecule has 288 valence electrons. The van der Waals surface area contributed by atoms with E-state index in [9.17, 15) is 15.0 Å². The molecule has 0 aliphatic carbocycles. The maximum absolute atomic E-state index is 14.2.